The van der Waals surface area contributed by atoms with Gasteiger partial charge in [-0.25, -0.2) is 0 Å². The first-order valence-corrected chi connectivity index (χ1v) is 6.66. The Morgan fingerprint density at radius 1 is 1.16 bits per heavy atom. The third kappa shape index (κ3) is 2.01. The predicted molar refractivity (Wildman–Crippen MR) is 71.6 cm³/mol. The first-order chi connectivity index (χ1) is 8.97. The van der Waals surface area contributed by atoms with E-state index >= 15 is 0 Å². The maximum absolute atomic E-state index is 12.4. The molecule has 1 fully saturated rings. The van der Waals surface area contributed by atoms with E-state index in [4.69, 9.17) is 0 Å². The molecule has 0 bridgehead atoms. The average molecular weight is 258 g/mol. The number of benzene rings is 1. The minimum Gasteiger partial charge on any atom is -0.341 e. The molecule has 1 saturated heterocycles. The van der Waals surface area contributed by atoms with Gasteiger partial charge < -0.3 is 10.2 Å². The van der Waals surface area contributed by atoms with Crippen LogP contribution in [0.2, 0.25) is 0 Å². The van der Waals surface area contributed by atoms with Crippen molar-refractivity contribution in [2.45, 2.75) is 38.3 Å². The van der Waals surface area contributed by atoms with Crippen molar-refractivity contribution in [2.75, 3.05) is 6.54 Å². The van der Waals surface area contributed by atoms with Crippen molar-refractivity contribution in [1.29, 1.82) is 0 Å². The molecule has 0 saturated carbocycles. The normalized spacial score (nSPS) is 22.3. The van der Waals surface area contributed by atoms with Gasteiger partial charge in [0.05, 0.1) is 6.54 Å². The number of fused-ring (bicyclic) bond motifs is 1. The van der Waals surface area contributed by atoms with E-state index in [-0.39, 0.29) is 24.4 Å². The third-order valence-electron chi connectivity index (χ3n) is 4.03. The molecule has 0 atom stereocenters. The van der Waals surface area contributed by atoms with E-state index in [1.807, 2.05) is 12.1 Å². The summed E-state index contributed by atoms with van der Waals surface area (Å²) in [5, 5.41) is 2.75. The molecule has 3 rings (SSSR count). The van der Waals surface area contributed by atoms with Gasteiger partial charge in [0.2, 0.25) is 11.8 Å². The third-order valence-corrected chi connectivity index (χ3v) is 4.03. The monoisotopic (exact) mass is 258 g/mol. The lowest BCUT2D eigenvalue weighted by molar-refractivity contribution is -0.150. The summed E-state index contributed by atoms with van der Waals surface area (Å²) in [6, 6.07) is 8.38. The molecule has 4 nitrogen and oxygen atoms in total. The van der Waals surface area contributed by atoms with Gasteiger partial charge in [0, 0.05) is 6.04 Å². The molecule has 1 heterocycles. The second kappa shape index (κ2) is 4.08. The van der Waals surface area contributed by atoms with Crippen LogP contribution < -0.4 is 5.32 Å². The molecule has 2 aliphatic rings. The molecule has 2 amide bonds. The highest BCUT2D eigenvalue weighted by atomic mass is 16.2. The van der Waals surface area contributed by atoms with E-state index in [9.17, 15) is 9.59 Å². The van der Waals surface area contributed by atoms with Crippen molar-refractivity contribution in [2.24, 2.45) is 0 Å². The van der Waals surface area contributed by atoms with E-state index in [0.717, 1.165) is 12.8 Å². The zero-order valence-corrected chi connectivity index (χ0v) is 11.3. The fraction of sp³-hybridized carbons (Fsp3) is 0.467. The summed E-state index contributed by atoms with van der Waals surface area (Å²) in [5.41, 5.74) is 1.80. The van der Waals surface area contributed by atoms with Gasteiger partial charge in [-0.3, -0.25) is 9.59 Å². The Hall–Kier alpha value is -1.84. The number of carbonyl (C=O) groups is 2. The van der Waals surface area contributed by atoms with Gasteiger partial charge >= 0.3 is 0 Å². The molecule has 0 aromatic heterocycles. The van der Waals surface area contributed by atoms with Gasteiger partial charge in [-0.05, 0) is 37.8 Å². The zero-order chi connectivity index (χ0) is 13.6. The second-order valence-corrected chi connectivity index (χ2v) is 5.94. The summed E-state index contributed by atoms with van der Waals surface area (Å²) in [7, 11) is 0. The Kier molecular flexibility index (Phi) is 2.62. The summed E-state index contributed by atoms with van der Waals surface area (Å²) in [4.78, 5) is 26.0. The van der Waals surface area contributed by atoms with E-state index in [0.29, 0.717) is 0 Å². The fourth-order valence-corrected chi connectivity index (χ4v) is 3.08. The Balaban J connectivity index is 1.84. The van der Waals surface area contributed by atoms with E-state index in [1.54, 1.807) is 18.7 Å². The number of piperazine rings is 1. The number of amides is 2. The number of carbonyl (C=O) groups excluding carboxylic acids is 2. The number of rotatable bonds is 1. The lowest BCUT2D eigenvalue weighted by Crippen LogP contribution is -2.65. The molecule has 1 aromatic rings. The van der Waals surface area contributed by atoms with Gasteiger partial charge in [-0.15, -0.1) is 0 Å². The van der Waals surface area contributed by atoms with Crippen molar-refractivity contribution in [3.8, 4) is 0 Å². The standard InChI is InChI=1S/C15H18N2O2/c1-15(2)14(19)17(9-13(18)16-15)12-7-10-5-3-4-6-11(10)8-12/h3-6,12H,7-9H2,1-2H3,(H,16,18). The number of nitrogens with zero attached hydrogens (tertiary/aromatic N) is 1. The predicted octanol–water partition coefficient (Wildman–Crippen LogP) is 0.891. The molecule has 100 valence electrons. The molecule has 1 aliphatic heterocycles. The fourth-order valence-electron chi connectivity index (χ4n) is 3.08. The molecular weight excluding hydrogens is 240 g/mol. The number of hydrogen-bond acceptors (Lipinski definition) is 2. The van der Waals surface area contributed by atoms with Crippen LogP contribution in [0.1, 0.15) is 25.0 Å². The number of nitrogens with one attached hydrogen (secondary N) is 1. The number of hydrogen-bond donors (Lipinski definition) is 1. The average Bonchev–Trinajstić information content (AvgIpc) is 2.76. The molecule has 19 heavy (non-hydrogen) atoms. The van der Waals surface area contributed by atoms with Crippen molar-refractivity contribution < 1.29 is 9.59 Å². The highest BCUT2D eigenvalue weighted by molar-refractivity contribution is 5.97. The SMILES string of the molecule is CC1(C)NC(=O)CN(C2Cc3ccccc3C2)C1=O. The molecule has 0 spiro atoms. The van der Waals surface area contributed by atoms with Crippen molar-refractivity contribution >= 4 is 11.8 Å². The van der Waals surface area contributed by atoms with Crippen LogP contribution in [0.4, 0.5) is 0 Å². The van der Waals surface area contributed by atoms with Crippen molar-refractivity contribution in [3.63, 3.8) is 0 Å². The van der Waals surface area contributed by atoms with E-state index < -0.39 is 5.54 Å². The molecule has 1 N–H and O–H groups in total. The molecule has 0 unspecified atom stereocenters. The van der Waals surface area contributed by atoms with Crippen LogP contribution in [0.5, 0.6) is 0 Å². The van der Waals surface area contributed by atoms with Gasteiger partial charge in [-0.2, -0.15) is 0 Å². The van der Waals surface area contributed by atoms with E-state index in [2.05, 4.69) is 17.4 Å². The molecule has 1 aliphatic carbocycles. The summed E-state index contributed by atoms with van der Waals surface area (Å²) in [5.74, 6) is -0.0505. The lowest BCUT2D eigenvalue weighted by atomic mass is 9.98. The second-order valence-electron chi connectivity index (χ2n) is 5.94. The highest BCUT2D eigenvalue weighted by Gasteiger charge is 2.43. The van der Waals surface area contributed by atoms with Gasteiger partial charge in [0.1, 0.15) is 5.54 Å². The largest absolute Gasteiger partial charge is 0.341 e. The highest BCUT2D eigenvalue weighted by Crippen LogP contribution is 2.28. The van der Waals surface area contributed by atoms with Crippen LogP contribution in [0.25, 0.3) is 0 Å². The maximum Gasteiger partial charge on any atom is 0.248 e. The van der Waals surface area contributed by atoms with Crippen LogP contribution >= 0.6 is 0 Å². The van der Waals surface area contributed by atoms with Crippen LogP contribution in [-0.2, 0) is 22.4 Å². The summed E-state index contributed by atoms with van der Waals surface area (Å²) < 4.78 is 0. The lowest BCUT2D eigenvalue weighted by Gasteiger charge is -2.40. The van der Waals surface area contributed by atoms with Crippen LogP contribution in [0, 0.1) is 0 Å². The van der Waals surface area contributed by atoms with Gasteiger partial charge in [-0.1, -0.05) is 24.3 Å². The minimum atomic E-state index is -0.788. The summed E-state index contributed by atoms with van der Waals surface area (Å²) in [6.45, 7) is 3.71. The Morgan fingerprint density at radius 2 is 1.74 bits per heavy atom. The quantitative estimate of drug-likeness (QED) is 0.813. The molecular formula is C15H18N2O2. The Labute approximate surface area is 112 Å². The van der Waals surface area contributed by atoms with Crippen molar-refractivity contribution in [1.82, 2.24) is 10.2 Å². The first-order valence-electron chi connectivity index (χ1n) is 6.66. The van der Waals surface area contributed by atoms with Crippen LogP contribution in [0.15, 0.2) is 24.3 Å². The Bertz CT molecular complexity index is 526. The zero-order valence-electron chi connectivity index (χ0n) is 11.3. The topological polar surface area (TPSA) is 49.4 Å². The minimum absolute atomic E-state index is 0.0184. The maximum atomic E-state index is 12.4. The first kappa shape index (κ1) is 12.2. The van der Waals surface area contributed by atoms with Crippen LogP contribution in [-0.4, -0.2) is 34.8 Å². The molecule has 1 aromatic carbocycles. The van der Waals surface area contributed by atoms with Crippen LogP contribution in [0.3, 0.4) is 0 Å². The van der Waals surface area contributed by atoms with Gasteiger partial charge in [0.25, 0.3) is 0 Å². The summed E-state index contributed by atoms with van der Waals surface area (Å²) in [6.07, 6.45) is 1.70. The van der Waals surface area contributed by atoms with Crippen molar-refractivity contribution in [3.05, 3.63) is 35.4 Å². The smallest absolute Gasteiger partial charge is 0.248 e. The Morgan fingerprint density at radius 3 is 2.32 bits per heavy atom. The van der Waals surface area contributed by atoms with E-state index in [1.165, 1.54) is 11.1 Å². The molecule has 0 radical (unpaired) electrons. The summed E-state index contributed by atoms with van der Waals surface area (Å²) >= 11 is 0. The van der Waals surface area contributed by atoms with Gasteiger partial charge in [0.15, 0.2) is 0 Å². The molecule has 4 heteroatoms.